The Balaban J connectivity index is 2.27. The standard InChI is InChI=1S/C21H21N5O4/c1-12(19-24-17(21(28)29)18(30-4)20(27)26(19)3)16(15-10-25(2)11-23-15)14-8-6-5-7-13(14)9-22/h5-8,10-12,16H,1-4H3,(H,28,29). The zero-order valence-electron chi connectivity index (χ0n) is 17.0. The Labute approximate surface area is 172 Å². The summed E-state index contributed by atoms with van der Waals surface area (Å²) in [6.45, 7) is 1.83. The van der Waals surface area contributed by atoms with Crippen LogP contribution in [0.1, 0.15) is 51.9 Å². The minimum atomic E-state index is -1.36. The first-order valence-electron chi connectivity index (χ1n) is 9.15. The molecule has 9 heteroatoms. The van der Waals surface area contributed by atoms with Crippen LogP contribution in [0.15, 0.2) is 41.6 Å². The summed E-state index contributed by atoms with van der Waals surface area (Å²) in [4.78, 5) is 33.1. The number of carboxylic acid groups (broad SMARTS) is 1. The van der Waals surface area contributed by atoms with Crippen molar-refractivity contribution in [2.75, 3.05) is 7.11 Å². The summed E-state index contributed by atoms with van der Waals surface area (Å²) >= 11 is 0. The average Bonchev–Trinajstić information content (AvgIpc) is 3.15. The third-order valence-electron chi connectivity index (χ3n) is 5.06. The van der Waals surface area contributed by atoms with Crippen molar-refractivity contribution in [3.8, 4) is 11.8 Å². The van der Waals surface area contributed by atoms with E-state index >= 15 is 0 Å². The Morgan fingerprint density at radius 3 is 2.57 bits per heavy atom. The van der Waals surface area contributed by atoms with Gasteiger partial charge in [0.15, 0.2) is 5.69 Å². The number of aryl methyl sites for hydroxylation is 1. The van der Waals surface area contributed by atoms with Crippen molar-refractivity contribution in [2.45, 2.75) is 18.8 Å². The molecule has 0 aliphatic rings. The lowest BCUT2D eigenvalue weighted by atomic mass is 9.82. The highest BCUT2D eigenvalue weighted by Crippen LogP contribution is 2.38. The van der Waals surface area contributed by atoms with Crippen LogP contribution in [0.2, 0.25) is 0 Å². The smallest absolute Gasteiger partial charge is 0.358 e. The number of hydrogen-bond donors (Lipinski definition) is 1. The predicted octanol–water partition coefficient (Wildman–Crippen LogP) is 2.03. The number of ether oxygens (including phenoxy) is 1. The van der Waals surface area contributed by atoms with Crippen molar-refractivity contribution < 1.29 is 14.6 Å². The molecule has 9 nitrogen and oxygen atoms in total. The van der Waals surface area contributed by atoms with E-state index in [2.05, 4.69) is 16.0 Å². The first kappa shape index (κ1) is 20.8. The van der Waals surface area contributed by atoms with Crippen molar-refractivity contribution in [3.05, 3.63) is 75.5 Å². The molecular weight excluding hydrogens is 386 g/mol. The van der Waals surface area contributed by atoms with Gasteiger partial charge in [0.05, 0.1) is 30.8 Å². The second-order valence-electron chi connectivity index (χ2n) is 6.95. The van der Waals surface area contributed by atoms with Gasteiger partial charge in [-0.1, -0.05) is 25.1 Å². The third kappa shape index (κ3) is 3.55. The van der Waals surface area contributed by atoms with Gasteiger partial charge in [-0.3, -0.25) is 9.36 Å². The van der Waals surface area contributed by atoms with Crippen LogP contribution in [0.4, 0.5) is 0 Å². The van der Waals surface area contributed by atoms with Gasteiger partial charge < -0.3 is 14.4 Å². The maximum atomic E-state index is 12.7. The molecule has 0 aliphatic heterocycles. The number of imidazole rings is 1. The van der Waals surface area contributed by atoms with Crippen LogP contribution in [-0.4, -0.2) is 37.3 Å². The largest absolute Gasteiger partial charge is 0.489 e. The number of carbonyl (C=O) groups is 1. The predicted molar refractivity (Wildman–Crippen MR) is 108 cm³/mol. The van der Waals surface area contributed by atoms with Crippen molar-refractivity contribution in [3.63, 3.8) is 0 Å². The topological polar surface area (TPSA) is 123 Å². The number of methoxy groups -OCH3 is 1. The van der Waals surface area contributed by atoms with Gasteiger partial charge in [-0.15, -0.1) is 0 Å². The molecule has 2 aromatic heterocycles. The van der Waals surface area contributed by atoms with Gasteiger partial charge in [0.25, 0.3) is 5.56 Å². The van der Waals surface area contributed by atoms with Crippen LogP contribution < -0.4 is 10.3 Å². The number of hydrogen-bond acceptors (Lipinski definition) is 6. The average molecular weight is 407 g/mol. The summed E-state index contributed by atoms with van der Waals surface area (Å²) in [5.41, 5.74) is 0.815. The molecule has 3 rings (SSSR count). The summed E-state index contributed by atoms with van der Waals surface area (Å²) < 4.78 is 8.05. The van der Waals surface area contributed by atoms with Crippen molar-refractivity contribution in [2.24, 2.45) is 14.1 Å². The highest BCUT2D eigenvalue weighted by molar-refractivity contribution is 5.88. The van der Waals surface area contributed by atoms with E-state index in [1.807, 2.05) is 32.3 Å². The number of nitriles is 1. The molecule has 2 unspecified atom stereocenters. The Hall–Kier alpha value is -3.93. The van der Waals surface area contributed by atoms with Gasteiger partial charge in [-0.2, -0.15) is 5.26 Å². The molecule has 0 saturated heterocycles. The van der Waals surface area contributed by atoms with Gasteiger partial charge in [0, 0.05) is 32.1 Å². The zero-order valence-corrected chi connectivity index (χ0v) is 17.0. The van der Waals surface area contributed by atoms with E-state index in [4.69, 9.17) is 4.74 Å². The first-order chi connectivity index (χ1) is 14.3. The van der Waals surface area contributed by atoms with Gasteiger partial charge in [-0.05, 0) is 11.6 Å². The van der Waals surface area contributed by atoms with Crippen molar-refractivity contribution in [1.82, 2.24) is 19.1 Å². The van der Waals surface area contributed by atoms with E-state index in [9.17, 15) is 20.0 Å². The number of aromatic nitrogens is 4. The summed E-state index contributed by atoms with van der Waals surface area (Å²) in [5.74, 6) is -2.34. The fourth-order valence-electron chi connectivity index (χ4n) is 3.63. The monoisotopic (exact) mass is 407 g/mol. The van der Waals surface area contributed by atoms with E-state index in [-0.39, 0.29) is 11.6 Å². The second kappa shape index (κ2) is 8.21. The number of benzene rings is 1. The van der Waals surface area contributed by atoms with E-state index in [1.165, 1.54) is 18.7 Å². The Bertz CT molecular complexity index is 1200. The van der Waals surface area contributed by atoms with E-state index in [1.54, 1.807) is 23.0 Å². The molecule has 30 heavy (non-hydrogen) atoms. The van der Waals surface area contributed by atoms with E-state index in [0.717, 1.165) is 0 Å². The molecule has 0 fully saturated rings. The molecule has 2 atom stereocenters. The Morgan fingerprint density at radius 1 is 1.30 bits per heavy atom. The minimum Gasteiger partial charge on any atom is -0.489 e. The highest BCUT2D eigenvalue weighted by atomic mass is 16.5. The lowest BCUT2D eigenvalue weighted by molar-refractivity contribution is 0.0685. The van der Waals surface area contributed by atoms with Gasteiger partial charge in [-0.25, -0.2) is 14.8 Å². The fraction of sp³-hybridized carbons (Fsp3) is 0.286. The van der Waals surface area contributed by atoms with Gasteiger partial charge in [0.2, 0.25) is 5.75 Å². The number of carboxylic acids is 1. The molecule has 1 aromatic carbocycles. The maximum Gasteiger partial charge on any atom is 0.358 e. The minimum absolute atomic E-state index is 0.251. The van der Waals surface area contributed by atoms with Crippen LogP contribution in [0.5, 0.6) is 5.75 Å². The van der Waals surface area contributed by atoms with E-state index < -0.39 is 29.1 Å². The van der Waals surface area contributed by atoms with Crippen LogP contribution in [-0.2, 0) is 14.1 Å². The molecule has 0 radical (unpaired) electrons. The maximum absolute atomic E-state index is 12.7. The SMILES string of the molecule is COc1c(C(=O)O)nc(C(C)C(c2cn(C)cn2)c2ccccc2C#N)n(C)c1=O. The zero-order chi connectivity index (χ0) is 22.0. The number of aromatic carboxylic acids is 1. The van der Waals surface area contributed by atoms with Crippen LogP contribution in [0, 0.1) is 11.3 Å². The van der Waals surface area contributed by atoms with E-state index in [0.29, 0.717) is 16.8 Å². The lowest BCUT2D eigenvalue weighted by Gasteiger charge is -2.25. The third-order valence-corrected chi connectivity index (χ3v) is 5.06. The molecule has 0 amide bonds. The molecule has 154 valence electrons. The molecule has 1 N–H and O–H groups in total. The molecule has 2 heterocycles. The van der Waals surface area contributed by atoms with Crippen LogP contribution in [0.3, 0.4) is 0 Å². The second-order valence-corrected chi connectivity index (χ2v) is 6.95. The van der Waals surface area contributed by atoms with Gasteiger partial charge in [0.1, 0.15) is 5.82 Å². The molecule has 0 saturated carbocycles. The van der Waals surface area contributed by atoms with Crippen molar-refractivity contribution in [1.29, 1.82) is 5.26 Å². The molecule has 0 spiro atoms. The normalized spacial score (nSPS) is 12.8. The molecule has 3 aromatic rings. The lowest BCUT2D eigenvalue weighted by Crippen LogP contribution is -2.29. The van der Waals surface area contributed by atoms with Gasteiger partial charge >= 0.3 is 5.97 Å². The summed E-state index contributed by atoms with van der Waals surface area (Å²) in [7, 11) is 4.58. The number of nitrogens with zero attached hydrogens (tertiary/aromatic N) is 5. The highest BCUT2D eigenvalue weighted by Gasteiger charge is 2.31. The van der Waals surface area contributed by atoms with Crippen LogP contribution >= 0.6 is 0 Å². The summed E-state index contributed by atoms with van der Waals surface area (Å²) in [5, 5.41) is 19.1. The Kier molecular flexibility index (Phi) is 5.69. The van der Waals surface area contributed by atoms with Crippen LogP contribution in [0.25, 0.3) is 0 Å². The summed E-state index contributed by atoms with van der Waals surface area (Å²) in [6.07, 6.45) is 3.47. The first-order valence-corrected chi connectivity index (χ1v) is 9.15. The van der Waals surface area contributed by atoms with Crippen molar-refractivity contribution >= 4 is 5.97 Å². The fourth-order valence-corrected chi connectivity index (χ4v) is 3.63. The summed E-state index contributed by atoms with van der Waals surface area (Å²) in [6, 6.07) is 9.32. The Morgan fingerprint density at radius 2 is 2.00 bits per heavy atom. The molecule has 0 bridgehead atoms. The number of rotatable bonds is 6. The molecular formula is C21H21N5O4. The quantitative estimate of drug-likeness (QED) is 0.663. The molecule has 0 aliphatic carbocycles.